The number of hydrogen-bond donors (Lipinski definition) is 1. The van der Waals surface area contributed by atoms with Crippen molar-refractivity contribution in [3.05, 3.63) is 103 Å². The monoisotopic (exact) mass is 346 g/mol. The molecule has 0 saturated carbocycles. The van der Waals surface area contributed by atoms with Gasteiger partial charge in [0.2, 0.25) is 0 Å². The molecule has 5 aromatic rings. The van der Waals surface area contributed by atoms with Crippen molar-refractivity contribution in [2.24, 2.45) is 0 Å². The van der Waals surface area contributed by atoms with Crippen LogP contribution in [0.3, 0.4) is 0 Å². The lowest BCUT2D eigenvalue weighted by Crippen LogP contribution is -1.86. The van der Waals surface area contributed by atoms with E-state index in [1.807, 2.05) is 30.3 Å². The highest BCUT2D eigenvalue weighted by Gasteiger charge is 2.12. The largest absolute Gasteiger partial charge is 0.338 e. The number of H-pyrrole nitrogens is 1. The van der Waals surface area contributed by atoms with Gasteiger partial charge in [0.25, 0.3) is 0 Å². The Bertz CT molecular complexity index is 1110. The van der Waals surface area contributed by atoms with E-state index in [0.29, 0.717) is 0 Å². The Morgan fingerprint density at radius 1 is 0.519 bits per heavy atom. The molecular weight excluding hydrogens is 328 g/mol. The van der Waals surface area contributed by atoms with Crippen LogP contribution in [0.15, 0.2) is 103 Å². The van der Waals surface area contributed by atoms with Crippen molar-refractivity contribution in [3.8, 4) is 33.6 Å². The van der Waals surface area contributed by atoms with Crippen LogP contribution >= 0.6 is 0 Å². The molecule has 4 aromatic carbocycles. The Morgan fingerprint density at radius 2 is 1.00 bits per heavy atom. The fourth-order valence-corrected chi connectivity index (χ4v) is 3.50. The number of nitrogens with zero attached hydrogens (tertiary/aromatic N) is 1. The summed E-state index contributed by atoms with van der Waals surface area (Å²) in [5.41, 5.74) is 7.92. The van der Waals surface area contributed by atoms with Crippen LogP contribution in [0.5, 0.6) is 0 Å². The third-order valence-corrected chi connectivity index (χ3v) is 4.84. The second-order valence-corrected chi connectivity index (χ2v) is 6.60. The molecule has 128 valence electrons. The van der Waals surface area contributed by atoms with Crippen molar-refractivity contribution in [3.63, 3.8) is 0 Å². The Balaban J connectivity index is 1.76. The Hall–Kier alpha value is -3.65. The summed E-state index contributed by atoms with van der Waals surface area (Å²) >= 11 is 0. The second-order valence-electron chi connectivity index (χ2n) is 6.60. The number of imidazole rings is 1. The van der Waals surface area contributed by atoms with Gasteiger partial charge in [0.1, 0.15) is 5.82 Å². The van der Waals surface area contributed by atoms with Crippen LogP contribution in [-0.4, -0.2) is 9.97 Å². The molecule has 0 saturated heterocycles. The van der Waals surface area contributed by atoms with Crippen molar-refractivity contribution in [1.82, 2.24) is 9.97 Å². The number of aromatic nitrogens is 2. The number of benzene rings is 4. The molecule has 0 amide bonds. The predicted molar refractivity (Wildman–Crippen MR) is 112 cm³/mol. The lowest BCUT2D eigenvalue weighted by molar-refractivity contribution is 1.34. The molecule has 0 aliphatic rings. The van der Waals surface area contributed by atoms with Gasteiger partial charge in [-0.05, 0) is 34.4 Å². The summed E-state index contributed by atoms with van der Waals surface area (Å²) in [5, 5.41) is 0. The quantitative estimate of drug-likeness (QED) is 0.393. The Kier molecular flexibility index (Phi) is 3.80. The molecule has 1 aromatic heterocycles. The SMILES string of the molecule is c1ccc(-c2nc3cc(-c4ccccc4)c(-c4ccccc4)cc3[nH]2)cc1. The summed E-state index contributed by atoms with van der Waals surface area (Å²) in [6, 6.07) is 35.7. The van der Waals surface area contributed by atoms with Gasteiger partial charge in [0.15, 0.2) is 0 Å². The molecule has 1 N–H and O–H groups in total. The maximum Gasteiger partial charge on any atom is 0.138 e. The average molecular weight is 346 g/mol. The minimum atomic E-state index is 0.898. The molecule has 5 rings (SSSR count). The fourth-order valence-electron chi connectivity index (χ4n) is 3.50. The molecule has 0 fully saturated rings. The average Bonchev–Trinajstić information content (AvgIpc) is 3.18. The topological polar surface area (TPSA) is 28.7 Å². The molecule has 2 heteroatoms. The van der Waals surface area contributed by atoms with Gasteiger partial charge in [0.05, 0.1) is 11.0 Å². The summed E-state index contributed by atoms with van der Waals surface area (Å²) in [5.74, 6) is 0.898. The molecule has 27 heavy (non-hydrogen) atoms. The first-order chi connectivity index (χ1) is 13.4. The van der Waals surface area contributed by atoms with E-state index in [9.17, 15) is 0 Å². The Labute approximate surface area is 158 Å². The van der Waals surface area contributed by atoms with E-state index in [1.54, 1.807) is 0 Å². The van der Waals surface area contributed by atoms with Crippen LogP contribution in [0.1, 0.15) is 0 Å². The van der Waals surface area contributed by atoms with Crippen molar-refractivity contribution in [2.45, 2.75) is 0 Å². The summed E-state index contributed by atoms with van der Waals surface area (Å²) in [7, 11) is 0. The zero-order valence-electron chi connectivity index (χ0n) is 14.8. The maximum absolute atomic E-state index is 4.85. The minimum absolute atomic E-state index is 0.898. The van der Waals surface area contributed by atoms with Crippen LogP contribution < -0.4 is 0 Å². The van der Waals surface area contributed by atoms with Crippen molar-refractivity contribution in [1.29, 1.82) is 0 Å². The van der Waals surface area contributed by atoms with E-state index in [4.69, 9.17) is 4.98 Å². The van der Waals surface area contributed by atoms with Gasteiger partial charge in [0, 0.05) is 5.56 Å². The van der Waals surface area contributed by atoms with Crippen LogP contribution in [0, 0.1) is 0 Å². The van der Waals surface area contributed by atoms with Gasteiger partial charge in [-0.2, -0.15) is 0 Å². The Morgan fingerprint density at radius 3 is 1.56 bits per heavy atom. The van der Waals surface area contributed by atoms with Crippen molar-refractivity contribution >= 4 is 11.0 Å². The summed E-state index contributed by atoms with van der Waals surface area (Å²) in [6.07, 6.45) is 0. The van der Waals surface area contributed by atoms with E-state index in [0.717, 1.165) is 22.4 Å². The molecular formula is C25H18N2. The summed E-state index contributed by atoms with van der Waals surface area (Å²) in [4.78, 5) is 8.34. The highest BCUT2D eigenvalue weighted by molar-refractivity contribution is 5.94. The van der Waals surface area contributed by atoms with Gasteiger partial charge in [-0.3, -0.25) is 0 Å². The smallest absolute Gasteiger partial charge is 0.138 e. The van der Waals surface area contributed by atoms with E-state index in [2.05, 4.69) is 77.8 Å². The first kappa shape index (κ1) is 15.6. The van der Waals surface area contributed by atoms with E-state index in [1.165, 1.54) is 22.3 Å². The van der Waals surface area contributed by atoms with Gasteiger partial charge in [-0.15, -0.1) is 0 Å². The highest BCUT2D eigenvalue weighted by Crippen LogP contribution is 2.35. The third kappa shape index (κ3) is 2.91. The first-order valence-corrected chi connectivity index (χ1v) is 9.08. The standard InChI is InChI=1S/C25H18N2/c1-4-10-18(11-5-1)21-16-23-24(17-22(21)19-12-6-2-7-13-19)27-25(26-23)20-14-8-3-9-15-20/h1-17H,(H,26,27). The third-order valence-electron chi connectivity index (χ3n) is 4.84. The molecule has 0 atom stereocenters. The fraction of sp³-hybridized carbons (Fsp3) is 0. The molecule has 0 aliphatic carbocycles. The molecule has 0 unspecified atom stereocenters. The zero-order chi connectivity index (χ0) is 18.1. The van der Waals surface area contributed by atoms with Crippen LogP contribution in [-0.2, 0) is 0 Å². The number of fused-ring (bicyclic) bond motifs is 1. The lowest BCUT2D eigenvalue weighted by Gasteiger charge is -2.10. The number of rotatable bonds is 3. The molecule has 0 radical (unpaired) electrons. The highest BCUT2D eigenvalue weighted by atomic mass is 14.9. The van der Waals surface area contributed by atoms with Gasteiger partial charge in [-0.25, -0.2) is 4.98 Å². The summed E-state index contributed by atoms with van der Waals surface area (Å²) < 4.78 is 0. The molecule has 1 heterocycles. The van der Waals surface area contributed by atoms with E-state index >= 15 is 0 Å². The van der Waals surface area contributed by atoms with Crippen molar-refractivity contribution in [2.75, 3.05) is 0 Å². The summed E-state index contributed by atoms with van der Waals surface area (Å²) in [6.45, 7) is 0. The van der Waals surface area contributed by atoms with E-state index in [-0.39, 0.29) is 0 Å². The first-order valence-electron chi connectivity index (χ1n) is 9.08. The number of nitrogens with one attached hydrogen (secondary N) is 1. The van der Waals surface area contributed by atoms with Gasteiger partial charge in [-0.1, -0.05) is 91.0 Å². The number of hydrogen-bond acceptors (Lipinski definition) is 1. The number of aromatic amines is 1. The minimum Gasteiger partial charge on any atom is -0.338 e. The van der Waals surface area contributed by atoms with E-state index < -0.39 is 0 Å². The molecule has 0 spiro atoms. The van der Waals surface area contributed by atoms with Gasteiger partial charge >= 0.3 is 0 Å². The van der Waals surface area contributed by atoms with Crippen LogP contribution in [0.4, 0.5) is 0 Å². The second kappa shape index (κ2) is 6.58. The maximum atomic E-state index is 4.85. The lowest BCUT2D eigenvalue weighted by atomic mass is 9.94. The van der Waals surface area contributed by atoms with Crippen LogP contribution in [0.25, 0.3) is 44.7 Å². The molecule has 2 nitrogen and oxygen atoms in total. The zero-order valence-corrected chi connectivity index (χ0v) is 14.8. The van der Waals surface area contributed by atoms with Crippen LogP contribution in [0.2, 0.25) is 0 Å². The van der Waals surface area contributed by atoms with Crippen molar-refractivity contribution < 1.29 is 0 Å². The normalized spacial score (nSPS) is 11.0. The molecule has 0 aliphatic heterocycles. The predicted octanol–water partition coefficient (Wildman–Crippen LogP) is 6.56. The molecule has 0 bridgehead atoms. The van der Waals surface area contributed by atoms with Gasteiger partial charge < -0.3 is 4.98 Å².